The molecule has 1 atom stereocenters. The van der Waals surface area contributed by atoms with Crippen molar-refractivity contribution < 1.29 is 22.8 Å². The van der Waals surface area contributed by atoms with Crippen molar-refractivity contribution in [2.45, 2.75) is 57.7 Å². The van der Waals surface area contributed by atoms with Gasteiger partial charge in [-0.1, -0.05) is 12.1 Å². The number of aryl methyl sites for hydroxylation is 1. The predicted molar refractivity (Wildman–Crippen MR) is 122 cm³/mol. The zero-order valence-corrected chi connectivity index (χ0v) is 19.1. The van der Waals surface area contributed by atoms with E-state index in [4.69, 9.17) is 5.73 Å². The van der Waals surface area contributed by atoms with Crippen molar-refractivity contribution in [2.24, 2.45) is 17.6 Å². The minimum Gasteiger partial charge on any atom is -0.369 e. The minimum absolute atomic E-state index is 0.0630. The second-order valence-corrected chi connectivity index (χ2v) is 9.36. The number of nitrogens with two attached hydrogens (primary N) is 1. The predicted octanol–water partition coefficient (Wildman–Crippen LogP) is 4.80. The van der Waals surface area contributed by atoms with Crippen molar-refractivity contribution in [3.8, 4) is 0 Å². The van der Waals surface area contributed by atoms with E-state index < -0.39 is 23.9 Å². The van der Waals surface area contributed by atoms with Crippen LogP contribution in [-0.4, -0.2) is 34.4 Å². The average Bonchev–Trinajstić information content (AvgIpc) is 3.16. The minimum atomic E-state index is -4.10. The van der Waals surface area contributed by atoms with Gasteiger partial charge in [-0.25, -0.2) is 0 Å². The number of hydrogen-bond donors (Lipinski definition) is 2. The van der Waals surface area contributed by atoms with E-state index in [9.17, 15) is 22.8 Å². The van der Waals surface area contributed by atoms with E-state index in [1.807, 2.05) is 43.3 Å². The SMILES string of the molecule is Cc1nc(C2CCC(C(F)(F)F)CC2)ccc1Nc1ccc(CN2CC(C(N)=O)CC2=O)cc1. The Hall–Kier alpha value is -3.10. The molecule has 4 rings (SSSR count). The summed E-state index contributed by atoms with van der Waals surface area (Å²) in [4.78, 5) is 29.7. The second kappa shape index (κ2) is 9.64. The van der Waals surface area contributed by atoms with E-state index in [1.165, 1.54) is 0 Å². The van der Waals surface area contributed by atoms with Crippen molar-refractivity contribution >= 4 is 23.2 Å². The summed E-state index contributed by atoms with van der Waals surface area (Å²) in [6, 6.07) is 11.5. The number of anilines is 2. The maximum absolute atomic E-state index is 12.9. The molecule has 0 bridgehead atoms. The molecular formula is C25H29F3N4O2. The van der Waals surface area contributed by atoms with Crippen LogP contribution in [0.4, 0.5) is 24.5 Å². The van der Waals surface area contributed by atoms with E-state index in [1.54, 1.807) is 4.90 Å². The first kappa shape index (κ1) is 24.0. The van der Waals surface area contributed by atoms with Crippen molar-refractivity contribution in [2.75, 3.05) is 11.9 Å². The number of alkyl halides is 3. The molecule has 2 aliphatic rings. The highest BCUT2D eigenvalue weighted by molar-refractivity contribution is 5.88. The normalized spacial score (nSPS) is 23.2. The van der Waals surface area contributed by atoms with Gasteiger partial charge < -0.3 is 16.0 Å². The summed E-state index contributed by atoms with van der Waals surface area (Å²) >= 11 is 0. The molecule has 1 aromatic carbocycles. The molecule has 0 spiro atoms. The lowest BCUT2D eigenvalue weighted by molar-refractivity contribution is -0.182. The van der Waals surface area contributed by atoms with Gasteiger partial charge in [0.1, 0.15) is 0 Å². The fourth-order valence-electron chi connectivity index (χ4n) is 4.84. The Labute approximate surface area is 196 Å². The number of benzene rings is 1. The summed E-state index contributed by atoms with van der Waals surface area (Å²) in [6.07, 6.45) is -2.61. The molecule has 2 amide bonds. The molecule has 1 saturated carbocycles. The van der Waals surface area contributed by atoms with Gasteiger partial charge in [-0.05, 0) is 62.4 Å². The Bertz CT molecular complexity index is 1050. The van der Waals surface area contributed by atoms with Crippen LogP contribution in [0.25, 0.3) is 0 Å². The monoisotopic (exact) mass is 474 g/mol. The molecule has 3 N–H and O–H groups in total. The van der Waals surface area contributed by atoms with Crippen LogP contribution >= 0.6 is 0 Å². The van der Waals surface area contributed by atoms with E-state index in [-0.39, 0.29) is 31.1 Å². The van der Waals surface area contributed by atoms with Gasteiger partial charge in [0.15, 0.2) is 0 Å². The van der Waals surface area contributed by atoms with E-state index in [0.717, 1.165) is 28.3 Å². The van der Waals surface area contributed by atoms with Gasteiger partial charge in [0, 0.05) is 36.8 Å². The molecule has 1 unspecified atom stereocenters. The molecular weight excluding hydrogens is 445 g/mol. The van der Waals surface area contributed by atoms with Crippen LogP contribution in [-0.2, 0) is 16.1 Å². The average molecular weight is 475 g/mol. The summed E-state index contributed by atoms with van der Waals surface area (Å²) < 4.78 is 38.8. The van der Waals surface area contributed by atoms with E-state index in [2.05, 4.69) is 10.3 Å². The summed E-state index contributed by atoms with van der Waals surface area (Å²) in [5.41, 5.74) is 9.60. The van der Waals surface area contributed by atoms with Gasteiger partial charge in [-0.2, -0.15) is 13.2 Å². The highest BCUT2D eigenvalue weighted by Crippen LogP contribution is 2.42. The van der Waals surface area contributed by atoms with Crippen LogP contribution in [0.1, 0.15) is 55.0 Å². The number of aromatic nitrogens is 1. The van der Waals surface area contributed by atoms with Gasteiger partial charge in [-0.3, -0.25) is 14.6 Å². The van der Waals surface area contributed by atoms with Crippen LogP contribution in [0, 0.1) is 18.8 Å². The standard InChI is InChI=1S/C25H29F3N4O2/c1-15-21(10-11-22(30-15)17-4-6-19(7-5-17)25(26,27)28)31-20-8-2-16(3-9-20)13-32-14-18(24(29)34)12-23(32)33/h2-3,8-11,17-19,31H,4-7,12-14H2,1H3,(H2,29,34). The van der Waals surface area contributed by atoms with Gasteiger partial charge in [0.05, 0.1) is 23.2 Å². The number of amides is 2. The quantitative estimate of drug-likeness (QED) is 0.629. The number of halogens is 3. The lowest BCUT2D eigenvalue weighted by Gasteiger charge is -2.29. The smallest absolute Gasteiger partial charge is 0.369 e. The Kier molecular flexibility index (Phi) is 6.81. The Morgan fingerprint density at radius 3 is 2.35 bits per heavy atom. The molecule has 1 aliphatic heterocycles. The molecule has 182 valence electrons. The van der Waals surface area contributed by atoms with Crippen molar-refractivity contribution in [1.82, 2.24) is 9.88 Å². The number of pyridine rings is 1. The van der Waals surface area contributed by atoms with Gasteiger partial charge >= 0.3 is 6.18 Å². The Morgan fingerprint density at radius 2 is 1.79 bits per heavy atom. The fraction of sp³-hybridized carbons (Fsp3) is 0.480. The number of nitrogens with one attached hydrogen (secondary N) is 1. The fourth-order valence-corrected chi connectivity index (χ4v) is 4.84. The van der Waals surface area contributed by atoms with Crippen molar-refractivity contribution in [3.63, 3.8) is 0 Å². The highest BCUT2D eigenvalue weighted by atomic mass is 19.4. The first-order chi connectivity index (χ1) is 16.1. The molecule has 9 heteroatoms. The molecule has 2 heterocycles. The van der Waals surface area contributed by atoms with Gasteiger partial charge in [-0.15, -0.1) is 0 Å². The Morgan fingerprint density at radius 1 is 1.12 bits per heavy atom. The topological polar surface area (TPSA) is 88.3 Å². The largest absolute Gasteiger partial charge is 0.391 e. The zero-order valence-electron chi connectivity index (χ0n) is 19.1. The van der Waals surface area contributed by atoms with E-state index >= 15 is 0 Å². The van der Waals surface area contributed by atoms with Crippen LogP contribution in [0.5, 0.6) is 0 Å². The van der Waals surface area contributed by atoms with Crippen LogP contribution in [0.15, 0.2) is 36.4 Å². The molecule has 1 aliphatic carbocycles. The number of hydrogen-bond acceptors (Lipinski definition) is 4. The molecule has 1 saturated heterocycles. The maximum atomic E-state index is 12.9. The van der Waals surface area contributed by atoms with Crippen molar-refractivity contribution in [3.05, 3.63) is 53.3 Å². The maximum Gasteiger partial charge on any atom is 0.391 e. The van der Waals surface area contributed by atoms with Crippen LogP contribution in [0.3, 0.4) is 0 Å². The van der Waals surface area contributed by atoms with Crippen LogP contribution < -0.4 is 11.1 Å². The Balaban J connectivity index is 1.34. The molecule has 0 radical (unpaired) electrons. The highest BCUT2D eigenvalue weighted by Gasteiger charge is 2.41. The van der Waals surface area contributed by atoms with Gasteiger partial charge in [0.2, 0.25) is 11.8 Å². The molecule has 2 fully saturated rings. The molecule has 6 nitrogen and oxygen atoms in total. The number of likely N-dealkylation sites (tertiary alicyclic amines) is 1. The third-order valence-corrected chi connectivity index (χ3v) is 6.94. The third kappa shape index (κ3) is 5.51. The number of primary amides is 1. The summed E-state index contributed by atoms with van der Waals surface area (Å²) in [7, 11) is 0. The zero-order chi connectivity index (χ0) is 24.5. The first-order valence-corrected chi connectivity index (χ1v) is 11.6. The number of carbonyl (C=O) groups is 2. The lowest BCUT2D eigenvalue weighted by Crippen LogP contribution is -2.28. The summed E-state index contributed by atoms with van der Waals surface area (Å²) in [5.74, 6) is -2.07. The molecule has 1 aromatic heterocycles. The second-order valence-electron chi connectivity index (χ2n) is 9.36. The summed E-state index contributed by atoms with van der Waals surface area (Å²) in [6.45, 7) is 2.66. The number of carbonyl (C=O) groups excluding carboxylic acids is 2. The number of nitrogens with zero attached hydrogens (tertiary/aromatic N) is 2. The van der Waals surface area contributed by atoms with Gasteiger partial charge in [0.25, 0.3) is 0 Å². The first-order valence-electron chi connectivity index (χ1n) is 11.6. The van der Waals surface area contributed by atoms with Crippen LogP contribution in [0.2, 0.25) is 0 Å². The molecule has 2 aromatic rings. The molecule has 34 heavy (non-hydrogen) atoms. The lowest BCUT2D eigenvalue weighted by atomic mass is 9.80. The van der Waals surface area contributed by atoms with E-state index in [0.29, 0.717) is 25.9 Å². The van der Waals surface area contributed by atoms with Crippen molar-refractivity contribution in [1.29, 1.82) is 0 Å². The summed E-state index contributed by atoms with van der Waals surface area (Å²) in [5, 5.41) is 3.33. The number of rotatable bonds is 6. The third-order valence-electron chi connectivity index (χ3n) is 6.94.